The Morgan fingerprint density at radius 3 is 2.45 bits per heavy atom. The molecule has 0 aliphatic heterocycles. The quantitative estimate of drug-likeness (QED) is 0.649. The summed E-state index contributed by atoms with van der Waals surface area (Å²) in [5.41, 5.74) is 1.33. The molecule has 1 aliphatic rings. The topological polar surface area (TPSA) is 39.7 Å². The Morgan fingerprint density at radius 2 is 1.86 bits per heavy atom. The van der Waals surface area contributed by atoms with Gasteiger partial charge in [-0.1, -0.05) is 49.6 Å². The molecule has 0 aromatic heterocycles. The van der Waals surface area contributed by atoms with Crippen molar-refractivity contribution in [3.63, 3.8) is 0 Å². The van der Waals surface area contributed by atoms with E-state index in [4.69, 9.17) is 0 Å². The Bertz CT molecular complexity index is 449. The van der Waals surface area contributed by atoms with Crippen LogP contribution in [0.1, 0.15) is 43.7 Å². The van der Waals surface area contributed by atoms with E-state index in [9.17, 15) is 0 Å². The molecule has 22 heavy (non-hydrogen) atoms. The van der Waals surface area contributed by atoms with E-state index < -0.39 is 0 Å². The zero-order valence-electron chi connectivity index (χ0n) is 14.2. The summed E-state index contributed by atoms with van der Waals surface area (Å²) in [4.78, 5) is 6.63. The van der Waals surface area contributed by atoms with E-state index in [2.05, 4.69) is 65.0 Å². The van der Waals surface area contributed by atoms with Crippen LogP contribution in [0.4, 0.5) is 0 Å². The Hall–Kier alpha value is -1.55. The highest BCUT2D eigenvalue weighted by molar-refractivity contribution is 5.80. The molecule has 1 aromatic rings. The van der Waals surface area contributed by atoms with E-state index in [1.807, 2.05) is 7.05 Å². The number of rotatable bonds is 5. The number of guanidine groups is 1. The van der Waals surface area contributed by atoms with Crippen molar-refractivity contribution in [2.45, 2.75) is 44.2 Å². The van der Waals surface area contributed by atoms with Gasteiger partial charge in [-0.3, -0.25) is 4.99 Å². The molecule has 0 saturated heterocycles. The third kappa shape index (κ3) is 5.02. The van der Waals surface area contributed by atoms with Crippen LogP contribution in [0.5, 0.6) is 0 Å². The van der Waals surface area contributed by atoms with Crippen molar-refractivity contribution in [2.75, 3.05) is 27.7 Å². The van der Waals surface area contributed by atoms with Gasteiger partial charge in [0.15, 0.2) is 5.96 Å². The maximum absolute atomic E-state index is 4.38. The van der Waals surface area contributed by atoms with E-state index in [0.29, 0.717) is 12.1 Å². The number of nitrogens with zero attached hydrogens (tertiary/aromatic N) is 2. The van der Waals surface area contributed by atoms with E-state index >= 15 is 0 Å². The molecule has 4 heteroatoms. The van der Waals surface area contributed by atoms with Crippen molar-refractivity contribution >= 4 is 5.96 Å². The molecular weight excluding hydrogens is 272 g/mol. The molecular formula is C18H30N4. The fourth-order valence-electron chi connectivity index (χ4n) is 3.10. The lowest BCUT2D eigenvalue weighted by atomic mass is 9.96. The van der Waals surface area contributed by atoms with Gasteiger partial charge in [0.2, 0.25) is 0 Å². The largest absolute Gasteiger partial charge is 0.354 e. The monoisotopic (exact) mass is 302 g/mol. The van der Waals surface area contributed by atoms with Crippen LogP contribution in [0.25, 0.3) is 0 Å². The van der Waals surface area contributed by atoms with Gasteiger partial charge in [-0.05, 0) is 32.5 Å². The number of benzene rings is 1. The van der Waals surface area contributed by atoms with Crippen molar-refractivity contribution in [2.24, 2.45) is 4.99 Å². The van der Waals surface area contributed by atoms with Gasteiger partial charge in [-0.15, -0.1) is 0 Å². The molecule has 1 unspecified atom stereocenters. The lowest BCUT2D eigenvalue weighted by Crippen LogP contribution is -2.46. The molecule has 0 bridgehead atoms. The van der Waals surface area contributed by atoms with Crippen LogP contribution < -0.4 is 10.6 Å². The number of nitrogens with one attached hydrogen (secondary N) is 2. The first-order valence-corrected chi connectivity index (χ1v) is 8.39. The van der Waals surface area contributed by atoms with Crippen molar-refractivity contribution in [1.82, 2.24) is 15.5 Å². The molecule has 1 saturated carbocycles. The van der Waals surface area contributed by atoms with E-state index in [1.54, 1.807) is 0 Å². The SMILES string of the molecule is CN=C(NCC(c1ccccc1)N(C)C)NC1CCCCC1. The standard InChI is InChI=1S/C18H30N4/c1-19-18(21-16-12-8-5-9-13-16)20-14-17(22(2)3)15-10-6-4-7-11-15/h4,6-7,10-11,16-17H,5,8-9,12-14H2,1-3H3,(H2,19,20,21). The van der Waals surface area contributed by atoms with Crippen LogP contribution in [0.2, 0.25) is 0 Å². The Kier molecular flexibility index (Phi) is 6.72. The molecule has 1 fully saturated rings. The van der Waals surface area contributed by atoms with Crippen LogP contribution in [0, 0.1) is 0 Å². The van der Waals surface area contributed by atoms with Gasteiger partial charge in [0.1, 0.15) is 0 Å². The molecule has 1 aliphatic carbocycles. The van der Waals surface area contributed by atoms with Crippen molar-refractivity contribution in [3.8, 4) is 0 Å². The summed E-state index contributed by atoms with van der Waals surface area (Å²) in [6, 6.07) is 11.5. The average molecular weight is 302 g/mol. The maximum Gasteiger partial charge on any atom is 0.191 e. The van der Waals surface area contributed by atoms with Crippen molar-refractivity contribution in [1.29, 1.82) is 0 Å². The highest BCUT2D eigenvalue weighted by Gasteiger charge is 2.17. The molecule has 4 nitrogen and oxygen atoms in total. The summed E-state index contributed by atoms with van der Waals surface area (Å²) in [5.74, 6) is 0.926. The third-order valence-corrected chi connectivity index (χ3v) is 4.44. The third-order valence-electron chi connectivity index (χ3n) is 4.44. The predicted octanol–water partition coefficient (Wildman–Crippen LogP) is 2.79. The van der Waals surface area contributed by atoms with Crippen LogP contribution in [0.15, 0.2) is 35.3 Å². The normalized spacial score (nSPS) is 18.3. The number of likely N-dealkylation sites (N-methyl/N-ethyl adjacent to an activating group) is 1. The van der Waals surface area contributed by atoms with E-state index in [1.165, 1.54) is 37.7 Å². The molecule has 0 amide bonds. The van der Waals surface area contributed by atoms with Gasteiger partial charge >= 0.3 is 0 Å². The minimum absolute atomic E-state index is 0.339. The molecule has 1 aromatic carbocycles. The number of hydrogen-bond donors (Lipinski definition) is 2. The van der Waals surface area contributed by atoms with Gasteiger partial charge in [0.05, 0.1) is 6.04 Å². The van der Waals surface area contributed by atoms with E-state index in [0.717, 1.165) is 12.5 Å². The van der Waals surface area contributed by atoms with Crippen molar-refractivity contribution in [3.05, 3.63) is 35.9 Å². The zero-order valence-corrected chi connectivity index (χ0v) is 14.2. The maximum atomic E-state index is 4.38. The molecule has 2 N–H and O–H groups in total. The Morgan fingerprint density at radius 1 is 1.18 bits per heavy atom. The molecule has 0 spiro atoms. The smallest absolute Gasteiger partial charge is 0.191 e. The van der Waals surface area contributed by atoms with Crippen LogP contribution in [0.3, 0.4) is 0 Å². The highest BCUT2D eigenvalue weighted by atomic mass is 15.2. The summed E-state index contributed by atoms with van der Waals surface area (Å²) < 4.78 is 0. The van der Waals surface area contributed by atoms with Gasteiger partial charge in [0, 0.05) is 19.6 Å². The summed E-state index contributed by atoms with van der Waals surface area (Å²) in [7, 11) is 6.10. The highest BCUT2D eigenvalue weighted by Crippen LogP contribution is 2.18. The van der Waals surface area contributed by atoms with Gasteiger partial charge in [0.25, 0.3) is 0 Å². The molecule has 122 valence electrons. The summed E-state index contributed by atoms with van der Waals surface area (Å²) >= 11 is 0. The molecule has 0 radical (unpaired) electrons. The van der Waals surface area contributed by atoms with Crippen LogP contribution >= 0.6 is 0 Å². The fraction of sp³-hybridized carbons (Fsp3) is 0.611. The van der Waals surface area contributed by atoms with Crippen molar-refractivity contribution < 1.29 is 0 Å². The molecule has 1 atom stereocenters. The summed E-state index contributed by atoms with van der Waals surface area (Å²) in [5, 5.41) is 7.07. The minimum Gasteiger partial charge on any atom is -0.354 e. The lowest BCUT2D eigenvalue weighted by molar-refractivity contribution is 0.297. The summed E-state index contributed by atoms with van der Waals surface area (Å²) in [6.45, 7) is 0.851. The zero-order chi connectivity index (χ0) is 15.8. The fourth-order valence-corrected chi connectivity index (χ4v) is 3.10. The van der Waals surface area contributed by atoms with Crippen LogP contribution in [-0.2, 0) is 0 Å². The second-order valence-corrected chi connectivity index (χ2v) is 6.32. The summed E-state index contributed by atoms with van der Waals surface area (Å²) in [6.07, 6.45) is 6.56. The first kappa shape index (κ1) is 16.8. The molecule has 2 rings (SSSR count). The van der Waals surface area contributed by atoms with Gasteiger partial charge in [-0.2, -0.15) is 0 Å². The van der Waals surface area contributed by atoms with Crippen LogP contribution in [-0.4, -0.2) is 44.6 Å². The first-order valence-electron chi connectivity index (χ1n) is 8.39. The molecule has 0 heterocycles. The Labute approximate surface area is 135 Å². The predicted molar refractivity (Wildman–Crippen MR) is 94.2 cm³/mol. The average Bonchev–Trinajstić information content (AvgIpc) is 2.55. The second kappa shape index (κ2) is 8.79. The number of aliphatic imine (C=N–C) groups is 1. The van der Waals surface area contributed by atoms with Gasteiger partial charge < -0.3 is 15.5 Å². The second-order valence-electron chi connectivity index (χ2n) is 6.32. The lowest BCUT2D eigenvalue weighted by Gasteiger charge is -2.28. The Balaban J connectivity index is 1.90. The number of hydrogen-bond acceptors (Lipinski definition) is 2. The van der Waals surface area contributed by atoms with Gasteiger partial charge in [-0.25, -0.2) is 0 Å². The van der Waals surface area contributed by atoms with E-state index in [-0.39, 0.29) is 0 Å². The first-order chi connectivity index (χ1) is 10.7. The minimum atomic E-state index is 0.339.